The number of hydrogen-bond donors (Lipinski definition) is 2. The fraction of sp³-hybridized carbons (Fsp3) is 0.0556. The number of carbonyl (C=O) groups is 2. The number of nitrogens with zero attached hydrogens (tertiary/aromatic N) is 1. The smallest absolute Gasteiger partial charge is 0.270 e. The van der Waals surface area contributed by atoms with Gasteiger partial charge in [-0.3, -0.25) is 19.8 Å². The van der Waals surface area contributed by atoms with E-state index in [-0.39, 0.29) is 16.4 Å². The summed E-state index contributed by atoms with van der Waals surface area (Å²) >= 11 is 9.21. The van der Waals surface area contributed by atoms with Gasteiger partial charge in [0, 0.05) is 0 Å². The molecule has 0 aromatic heterocycles. The van der Waals surface area contributed by atoms with Crippen molar-refractivity contribution in [3.8, 4) is 5.75 Å². The van der Waals surface area contributed by atoms with Crippen molar-refractivity contribution < 1.29 is 14.7 Å². The monoisotopic (exact) mass is 590 g/mol. The quantitative estimate of drug-likeness (QED) is 0.242. The highest BCUT2D eigenvalue weighted by molar-refractivity contribution is 14.1. The predicted molar refractivity (Wildman–Crippen MR) is 121 cm³/mol. The van der Waals surface area contributed by atoms with Gasteiger partial charge in [0.05, 0.1) is 12.8 Å². The zero-order chi connectivity index (χ0) is 19.0. The van der Waals surface area contributed by atoms with Crippen molar-refractivity contribution in [1.82, 2.24) is 5.32 Å². The largest absolute Gasteiger partial charge is 0.506 e. The molecule has 2 aromatic carbocycles. The first kappa shape index (κ1) is 19.2. The average Bonchev–Trinajstić information content (AvgIpc) is 2.58. The van der Waals surface area contributed by atoms with Crippen molar-refractivity contribution in [2.24, 2.45) is 0 Å². The van der Waals surface area contributed by atoms with Crippen molar-refractivity contribution >= 4 is 86.1 Å². The van der Waals surface area contributed by atoms with Crippen LogP contribution in [0.5, 0.6) is 5.75 Å². The molecule has 0 bridgehead atoms. The summed E-state index contributed by atoms with van der Waals surface area (Å²) in [6, 6.07) is 10.7. The van der Waals surface area contributed by atoms with E-state index >= 15 is 0 Å². The molecule has 2 amide bonds. The molecule has 3 rings (SSSR count). The number of phenolic OH excluding ortho intramolecular Hbond substituents is 1. The predicted octanol–water partition coefficient (Wildman–Crippen LogP) is 3.74. The molecule has 1 aliphatic heterocycles. The van der Waals surface area contributed by atoms with E-state index in [1.807, 2.05) is 70.3 Å². The minimum absolute atomic E-state index is 0.0147. The summed E-state index contributed by atoms with van der Waals surface area (Å²) in [6.45, 7) is 1.87. The van der Waals surface area contributed by atoms with E-state index in [1.165, 1.54) is 11.0 Å². The van der Waals surface area contributed by atoms with Crippen LogP contribution < -0.4 is 10.2 Å². The van der Waals surface area contributed by atoms with E-state index in [0.29, 0.717) is 18.4 Å². The van der Waals surface area contributed by atoms with Gasteiger partial charge in [-0.05, 0) is 99.7 Å². The SMILES string of the molecule is Cc1ccccc1N1C(=O)/C(=C/c2cc(I)c(O)c(I)c2)C(=O)NC1=S. The number of anilines is 1. The molecule has 26 heavy (non-hydrogen) atoms. The van der Waals surface area contributed by atoms with E-state index in [0.717, 1.165) is 5.56 Å². The number of nitrogens with one attached hydrogen (secondary N) is 1. The Morgan fingerprint density at radius 2 is 1.77 bits per heavy atom. The molecule has 2 N–H and O–H groups in total. The van der Waals surface area contributed by atoms with Gasteiger partial charge in [-0.1, -0.05) is 18.2 Å². The fourth-order valence-electron chi connectivity index (χ4n) is 2.53. The molecule has 0 atom stereocenters. The maximum absolute atomic E-state index is 13.0. The fourth-order valence-corrected chi connectivity index (χ4v) is 4.62. The molecular weight excluding hydrogens is 578 g/mol. The average molecular weight is 590 g/mol. The summed E-state index contributed by atoms with van der Waals surface area (Å²) < 4.78 is 1.27. The molecule has 2 aromatic rings. The summed E-state index contributed by atoms with van der Waals surface area (Å²) in [4.78, 5) is 26.7. The Bertz CT molecular complexity index is 965. The highest BCUT2D eigenvalue weighted by Crippen LogP contribution is 2.29. The lowest BCUT2D eigenvalue weighted by Crippen LogP contribution is -2.54. The maximum atomic E-state index is 13.0. The van der Waals surface area contributed by atoms with E-state index in [4.69, 9.17) is 12.2 Å². The van der Waals surface area contributed by atoms with E-state index in [1.54, 1.807) is 18.2 Å². The molecule has 0 spiro atoms. The standard InChI is InChI=1S/C18H12I2N2O3S/c1-9-4-2-3-5-14(9)22-17(25)11(16(24)21-18(22)26)6-10-7-12(19)15(23)13(20)8-10/h2-8,23H,1H3,(H,21,24,26)/b11-6+. The number of aromatic hydroxyl groups is 1. The van der Waals surface area contributed by atoms with Crippen LogP contribution >= 0.6 is 57.4 Å². The number of amides is 2. The Morgan fingerprint density at radius 3 is 2.38 bits per heavy atom. The number of hydrogen-bond acceptors (Lipinski definition) is 4. The lowest BCUT2D eigenvalue weighted by Gasteiger charge is -2.30. The molecule has 1 saturated heterocycles. The summed E-state index contributed by atoms with van der Waals surface area (Å²) in [7, 11) is 0. The molecule has 1 fully saturated rings. The number of carbonyl (C=O) groups excluding carboxylic acids is 2. The van der Waals surface area contributed by atoms with Crippen LogP contribution in [0, 0.1) is 14.1 Å². The maximum Gasteiger partial charge on any atom is 0.270 e. The van der Waals surface area contributed by atoms with Crippen molar-refractivity contribution in [3.63, 3.8) is 0 Å². The van der Waals surface area contributed by atoms with Crippen LogP contribution in [0.15, 0.2) is 42.0 Å². The topological polar surface area (TPSA) is 69.6 Å². The van der Waals surface area contributed by atoms with Crippen LogP contribution in [0.25, 0.3) is 6.08 Å². The van der Waals surface area contributed by atoms with Crippen molar-refractivity contribution in [3.05, 3.63) is 60.2 Å². The third kappa shape index (κ3) is 3.62. The van der Waals surface area contributed by atoms with Crippen LogP contribution in [-0.4, -0.2) is 22.0 Å². The molecule has 1 aliphatic rings. The number of aryl methyl sites for hydroxylation is 1. The molecule has 0 saturated carbocycles. The summed E-state index contributed by atoms with van der Waals surface area (Å²) in [5.41, 5.74) is 2.13. The molecular formula is C18H12I2N2O3S. The van der Waals surface area contributed by atoms with Crippen molar-refractivity contribution in [2.75, 3.05) is 4.90 Å². The number of phenols is 1. The zero-order valence-electron chi connectivity index (χ0n) is 13.4. The normalized spacial score (nSPS) is 16.2. The summed E-state index contributed by atoms with van der Waals surface area (Å²) in [5.74, 6) is -0.843. The minimum Gasteiger partial charge on any atom is -0.506 e. The van der Waals surface area contributed by atoms with Gasteiger partial charge in [0.2, 0.25) is 0 Å². The van der Waals surface area contributed by atoms with Crippen LogP contribution in [0.1, 0.15) is 11.1 Å². The van der Waals surface area contributed by atoms with Gasteiger partial charge in [0.15, 0.2) is 5.11 Å². The first-order valence-electron chi connectivity index (χ1n) is 7.44. The molecule has 0 aliphatic carbocycles. The number of thiocarbonyl (C=S) groups is 1. The Labute approximate surface area is 182 Å². The van der Waals surface area contributed by atoms with Gasteiger partial charge in [-0.25, -0.2) is 0 Å². The second-order valence-corrected chi connectivity index (χ2v) is 8.29. The lowest BCUT2D eigenvalue weighted by atomic mass is 10.1. The van der Waals surface area contributed by atoms with Gasteiger partial charge in [-0.15, -0.1) is 0 Å². The van der Waals surface area contributed by atoms with Gasteiger partial charge < -0.3 is 5.11 Å². The molecule has 132 valence electrons. The number of benzene rings is 2. The van der Waals surface area contributed by atoms with E-state index in [2.05, 4.69) is 5.32 Å². The number of para-hydroxylation sites is 1. The Balaban J connectivity index is 2.07. The van der Waals surface area contributed by atoms with Crippen molar-refractivity contribution in [2.45, 2.75) is 6.92 Å². The second kappa shape index (κ2) is 7.61. The van der Waals surface area contributed by atoms with E-state index < -0.39 is 11.8 Å². The highest BCUT2D eigenvalue weighted by atomic mass is 127. The first-order chi connectivity index (χ1) is 12.3. The van der Waals surface area contributed by atoms with Crippen molar-refractivity contribution in [1.29, 1.82) is 0 Å². The Kier molecular flexibility index (Phi) is 5.63. The minimum atomic E-state index is -0.539. The summed E-state index contributed by atoms with van der Waals surface area (Å²) in [6.07, 6.45) is 1.51. The second-order valence-electron chi connectivity index (χ2n) is 5.58. The third-order valence-electron chi connectivity index (χ3n) is 3.81. The van der Waals surface area contributed by atoms with Crippen LogP contribution in [0.4, 0.5) is 5.69 Å². The lowest BCUT2D eigenvalue weighted by molar-refractivity contribution is -0.122. The highest BCUT2D eigenvalue weighted by Gasteiger charge is 2.35. The van der Waals surface area contributed by atoms with E-state index in [9.17, 15) is 14.7 Å². The van der Waals surface area contributed by atoms with Crippen LogP contribution in [0.3, 0.4) is 0 Å². The van der Waals surface area contributed by atoms with Gasteiger partial charge in [-0.2, -0.15) is 0 Å². The van der Waals surface area contributed by atoms with Gasteiger partial charge in [0.25, 0.3) is 11.8 Å². The zero-order valence-corrected chi connectivity index (χ0v) is 18.5. The van der Waals surface area contributed by atoms with Gasteiger partial charge >= 0.3 is 0 Å². The molecule has 5 nitrogen and oxygen atoms in total. The summed E-state index contributed by atoms with van der Waals surface area (Å²) in [5, 5.41) is 12.5. The third-order valence-corrected chi connectivity index (χ3v) is 5.74. The molecule has 0 unspecified atom stereocenters. The van der Waals surface area contributed by atoms with Crippen LogP contribution in [-0.2, 0) is 9.59 Å². The molecule has 1 heterocycles. The van der Waals surface area contributed by atoms with Crippen LogP contribution in [0.2, 0.25) is 0 Å². The Hall–Kier alpha value is -1.53. The molecule has 8 heteroatoms. The number of halogens is 2. The molecule has 0 radical (unpaired) electrons. The first-order valence-corrected chi connectivity index (χ1v) is 10.0. The van der Waals surface area contributed by atoms with Gasteiger partial charge in [0.1, 0.15) is 11.3 Å². The number of rotatable bonds is 2. The Morgan fingerprint density at radius 1 is 1.15 bits per heavy atom.